The maximum absolute atomic E-state index is 13.3. The normalized spacial score (nSPS) is 10.3. The summed E-state index contributed by atoms with van der Waals surface area (Å²) in [6.45, 7) is -0.174. The molecule has 104 valence electrons. The van der Waals surface area contributed by atoms with Gasteiger partial charge in [0.15, 0.2) is 0 Å². The van der Waals surface area contributed by atoms with Gasteiger partial charge >= 0.3 is 5.69 Å². The largest absolute Gasteiger partial charge is 0.450 e. The topological polar surface area (TPSA) is 72.6 Å². The van der Waals surface area contributed by atoms with Crippen LogP contribution in [0.15, 0.2) is 40.9 Å². The fourth-order valence-electron chi connectivity index (χ4n) is 1.58. The zero-order valence-electron chi connectivity index (χ0n) is 10.0. The van der Waals surface area contributed by atoms with Crippen molar-refractivity contribution in [1.82, 2.24) is 0 Å². The van der Waals surface area contributed by atoms with Crippen LogP contribution >= 0.6 is 15.9 Å². The predicted octanol–water partition coefficient (Wildman–Crippen LogP) is 3.78. The number of nitro groups is 1. The number of benzene rings is 2. The number of rotatable bonds is 4. The molecule has 2 aromatic carbocycles. The fourth-order valence-corrected chi connectivity index (χ4v) is 1.90. The Morgan fingerprint density at radius 1 is 1.35 bits per heavy atom. The molecule has 0 radical (unpaired) electrons. The first-order valence-corrected chi connectivity index (χ1v) is 6.31. The highest BCUT2D eigenvalue weighted by atomic mass is 79.9. The number of halogens is 2. The maximum atomic E-state index is 13.3. The molecule has 0 heterocycles. The third kappa shape index (κ3) is 3.12. The molecule has 0 amide bonds. The number of hydrogen-bond donors (Lipinski definition) is 1. The highest BCUT2D eigenvalue weighted by molar-refractivity contribution is 9.10. The number of aliphatic hydroxyl groups is 1. The number of ether oxygens (including phenoxy) is 1. The first-order valence-electron chi connectivity index (χ1n) is 5.52. The Kier molecular flexibility index (Phi) is 4.31. The van der Waals surface area contributed by atoms with E-state index in [2.05, 4.69) is 15.9 Å². The number of aliphatic hydroxyl groups excluding tert-OH is 1. The number of hydrogen-bond acceptors (Lipinski definition) is 4. The first kappa shape index (κ1) is 14.4. The minimum atomic E-state index is -0.742. The average molecular weight is 342 g/mol. The molecule has 0 saturated carbocycles. The third-order valence-corrected chi connectivity index (χ3v) is 3.12. The lowest BCUT2D eigenvalue weighted by Gasteiger charge is -2.08. The van der Waals surface area contributed by atoms with Crippen molar-refractivity contribution < 1.29 is 19.2 Å². The van der Waals surface area contributed by atoms with E-state index in [1.165, 1.54) is 6.07 Å². The van der Waals surface area contributed by atoms with E-state index >= 15 is 0 Å². The molecule has 0 aliphatic carbocycles. The summed E-state index contributed by atoms with van der Waals surface area (Å²) < 4.78 is 18.8. The van der Waals surface area contributed by atoms with E-state index in [0.29, 0.717) is 11.3 Å². The second-order valence-corrected chi connectivity index (χ2v) is 4.75. The molecular formula is C13H9BrFNO4. The molecule has 0 aliphatic rings. The Balaban J connectivity index is 2.41. The molecule has 2 aromatic rings. The summed E-state index contributed by atoms with van der Waals surface area (Å²) in [5.41, 5.74) is 0.131. The van der Waals surface area contributed by atoms with Gasteiger partial charge in [-0.3, -0.25) is 10.1 Å². The van der Waals surface area contributed by atoms with Crippen LogP contribution in [0.5, 0.6) is 11.5 Å². The summed E-state index contributed by atoms with van der Waals surface area (Å²) in [6.07, 6.45) is 0. The zero-order chi connectivity index (χ0) is 14.7. The minimum Gasteiger partial charge on any atom is -0.450 e. The van der Waals surface area contributed by atoms with Crippen LogP contribution < -0.4 is 4.74 Å². The summed E-state index contributed by atoms with van der Waals surface area (Å²) in [7, 11) is 0. The quantitative estimate of drug-likeness (QED) is 0.678. The second-order valence-electron chi connectivity index (χ2n) is 3.90. The van der Waals surface area contributed by atoms with Crippen molar-refractivity contribution in [1.29, 1.82) is 0 Å². The second kappa shape index (κ2) is 5.98. The van der Waals surface area contributed by atoms with Gasteiger partial charge in [-0.05, 0) is 33.6 Å². The zero-order valence-corrected chi connectivity index (χ0v) is 11.6. The maximum Gasteiger partial charge on any atom is 0.314 e. The van der Waals surface area contributed by atoms with Crippen molar-refractivity contribution >= 4 is 21.6 Å². The molecule has 0 bridgehead atoms. The molecule has 0 atom stereocenters. The molecule has 20 heavy (non-hydrogen) atoms. The summed E-state index contributed by atoms with van der Waals surface area (Å²) in [6, 6.07) is 8.43. The first-order chi connectivity index (χ1) is 9.51. The van der Waals surface area contributed by atoms with Crippen molar-refractivity contribution in [3.8, 4) is 11.5 Å². The summed E-state index contributed by atoms with van der Waals surface area (Å²) >= 11 is 2.95. The van der Waals surface area contributed by atoms with Crippen LogP contribution in [-0.2, 0) is 6.61 Å². The van der Waals surface area contributed by atoms with Crippen molar-refractivity contribution in [3.63, 3.8) is 0 Å². The van der Waals surface area contributed by atoms with Crippen LogP contribution in [0.3, 0.4) is 0 Å². The van der Waals surface area contributed by atoms with Gasteiger partial charge in [-0.2, -0.15) is 0 Å². The van der Waals surface area contributed by atoms with Gasteiger partial charge < -0.3 is 9.84 Å². The molecule has 0 aromatic heterocycles. The van der Waals surface area contributed by atoms with Gasteiger partial charge in [-0.1, -0.05) is 12.1 Å². The van der Waals surface area contributed by atoms with E-state index in [-0.39, 0.29) is 16.8 Å². The SMILES string of the molecule is O=[N+]([O-])c1cc(F)c(Br)cc1Oc1cccc(CO)c1. The molecule has 1 N–H and O–H groups in total. The van der Waals surface area contributed by atoms with Crippen LogP contribution in [0.2, 0.25) is 0 Å². The molecule has 0 fully saturated rings. The molecule has 7 heteroatoms. The predicted molar refractivity (Wildman–Crippen MR) is 73.2 cm³/mol. The molecule has 0 aliphatic heterocycles. The highest BCUT2D eigenvalue weighted by Crippen LogP contribution is 2.35. The molecular weight excluding hydrogens is 333 g/mol. The number of nitro benzene ring substituents is 1. The summed E-state index contributed by atoms with van der Waals surface area (Å²) in [4.78, 5) is 10.2. The minimum absolute atomic E-state index is 0.0661. The standard InChI is InChI=1S/C13H9BrFNO4/c14-10-5-13(12(16(18)19)6-11(10)15)20-9-3-1-2-8(4-9)7-17/h1-6,17H,7H2. The third-order valence-electron chi connectivity index (χ3n) is 2.51. The van der Waals surface area contributed by atoms with E-state index in [1.807, 2.05) is 0 Å². The Bertz CT molecular complexity index is 663. The summed E-state index contributed by atoms with van der Waals surface area (Å²) in [5, 5.41) is 19.9. The van der Waals surface area contributed by atoms with Gasteiger partial charge in [0.05, 0.1) is 22.1 Å². The van der Waals surface area contributed by atoms with Crippen LogP contribution in [0.1, 0.15) is 5.56 Å². The molecule has 0 unspecified atom stereocenters. The van der Waals surface area contributed by atoms with Gasteiger partial charge in [0.2, 0.25) is 5.75 Å². The van der Waals surface area contributed by atoms with Crippen molar-refractivity contribution in [2.24, 2.45) is 0 Å². The Hall–Kier alpha value is -1.99. The molecule has 2 rings (SSSR count). The molecule has 0 spiro atoms. The van der Waals surface area contributed by atoms with Gasteiger partial charge in [0.25, 0.3) is 0 Å². The van der Waals surface area contributed by atoms with E-state index < -0.39 is 16.4 Å². The van der Waals surface area contributed by atoms with Crippen LogP contribution in [0.4, 0.5) is 10.1 Å². The van der Waals surface area contributed by atoms with Crippen LogP contribution in [0.25, 0.3) is 0 Å². The molecule has 5 nitrogen and oxygen atoms in total. The van der Waals surface area contributed by atoms with Crippen molar-refractivity contribution in [2.75, 3.05) is 0 Å². The highest BCUT2D eigenvalue weighted by Gasteiger charge is 2.19. The van der Waals surface area contributed by atoms with E-state index in [9.17, 15) is 14.5 Å². The average Bonchev–Trinajstić information content (AvgIpc) is 2.42. The van der Waals surface area contributed by atoms with Gasteiger partial charge in [0, 0.05) is 6.07 Å². The van der Waals surface area contributed by atoms with Crippen LogP contribution in [-0.4, -0.2) is 10.0 Å². The Labute approximate surface area is 121 Å². The van der Waals surface area contributed by atoms with Crippen LogP contribution in [0, 0.1) is 15.9 Å². The van der Waals surface area contributed by atoms with Gasteiger partial charge in [0.1, 0.15) is 11.6 Å². The Morgan fingerprint density at radius 2 is 2.10 bits per heavy atom. The molecule has 0 saturated heterocycles. The lowest BCUT2D eigenvalue weighted by atomic mass is 10.2. The van der Waals surface area contributed by atoms with E-state index in [1.54, 1.807) is 24.3 Å². The monoisotopic (exact) mass is 341 g/mol. The van der Waals surface area contributed by atoms with Gasteiger partial charge in [-0.25, -0.2) is 4.39 Å². The fraction of sp³-hybridized carbons (Fsp3) is 0.0769. The lowest BCUT2D eigenvalue weighted by Crippen LogP contribution is -1.95. The smallest absolute Gasteiger partial charge is 0.314 e. The lowest BCUT2D eigenvalue weighted by molar-refractivity contribution is -0.385. The van der Waals surface area contributed by atoms with Crippen molar-refractivity contribution in [3.05, 3.63) is 62.4 Å². The van der Waals surface area contributed by atoms with E-state index in [0.717, 1.165) is 6.07 Å². The number of nitrogens with zero attached hydrogens (tertiary/aromatic N) is 1. The van der Waals surface area contributed by atoms with Crippen molar-refractivity contribution in [2.45, 2.75) is 6.61 Å². The Morgan fingerprint density at radius 3 is 2.75 bits per heavy atom. The summed E-state index contributed by atoms with van der Waals surface area (Å²) in [5.74, 6) is -0.510. The van der Waals surface area contributed by atoms with E-state index in [4.69, 9.17) is 9.84 Å². The van der Waals surface area contributed by atoms with Gasteiger partial charge in [-0.15, -0.1) is 0 Å².